The Balaban J connectivity index is 2.24. The van der Waals surface area contributed by atoms with Crippen LogP contribution in [0.5, 0.6) is 0 Å². The number of carbonyl (C=O) groups is 1. The molecule has 0 aliphatic carbocycles. The summed E-state index contributed by atoms with van der Waals surface area (Å²) in [6.07, 6.45) is 1.95. The van der Waals surface area contributed by atoms with Gasteiger partial charge in [-0.1, -0.05) is 0 Å². The summed E-state index contributed by atoms with van der Waals surface area (Å²) in [6.45, 7) is 9.13. The highest BCUT2D eigenvalue weighted by atomic mass is 16.2. The van der Waals surface area contributed by atoms with Gasteiger partial charge in [-0.25, -0.2) is 0 Å². The monoisotopic (exact) mass is 289 g/mol. The summed E-state index contributed by atoms with van der Waals surface area (Å²) in [5.41, 5.74) is 4.44. The summed E-state index contributed by atoms with van der Waals surface area (Å²) >= 11 is 0. The fourth-order valence-electron chi connectivity index (χ4n) is 2.64. The minimum absolute atomic E-state index is 0.00736. The van der Waals surface area contributed by atoms with E-state index in [9.17, 15) is 4.79 Å². The van der Waals surface area contributed by atoms with Crippen LogP contribution in [-0.2, 0) is 20.1 Å². The number of carbonyl (C=O) groups excluding carboxylic acids is 1. The van der Waals surface area contributed by atoms with Crippen molar-refractivity contribution in [1.29, 1.82) is 0 Å². The normalized spacial score (nSPS) is 11.0. The summed E-state index contributed by atoms with van der Waals surface area (Å²) in [7, 11) is 3.70. The van der Waals surface area contributed by atoms with E-state index in [2.05, 4.69) is 10.2 Å². The first kappa shape index (κ1) is 15.3. The second kappa shape index (κ2) is 5.71. The first-order chi connectivity index (χ1) is 9.85. The van der Waals surface area contributed by atoms with Gasteiger partial charge in [-0.15, -0.1) is 0 Å². The SMILES string of the molecule is CCn1nc(C)c(C(=O)N(C)Cc2cn(C)nc2C)c1C. The highest BCUT2D eigenvalue weighted by Crippen LogP contribution is 2.17. The number of aryl methyl sites for hydroxylation is 4. The molecule has 2 rings (SSSR count). The lowest BCUT2D eigenvalue weighted by molar-refractivity contribution is 0.0783. The van der Waals surface area contributed by atoms with Gasteiger partial charge in [-0.3, -0.25) is 14.2 Å². The second-order valence-corrected chi connectivity index (χ2v) is 5.44. The fraction of sp³-hybridized carbons (Fsp3) is 0.533. The van der Waals surface area contributed by atoms with Crippen LogP contribution >= 0.6 is 0 Å². The topological polar surface area (TPSA) is 56.0 Å². The number of aromatic nitrogens is 4. The van der Waals surface area contributed by atoms with Gasteiger partial charge < -0.3 is 4.90 Å². The molecule has 0 aliphatic rings. The molecule has 0 atom stereocenters. The van der Waals surface area contributed by atoms with E-state index in [4.69, 9.17) is 0 Å². The molecular formula is C15H23N5O. The van der Waals surface area contributed by atoms with Crippen molar-refractivity contribution in [3.05, 3.63) is 34.4 Å². The van der Waals surface area contributed by atoms with Gasteiger partial charge in [0.05, 0.1) is 17.0 Å². The molecule has 0 aromatic carbocycles. The third-order valence-electron chi connectivity index (χ3n) is 3.76. The van der Waals surface area contributed by atoms with Gasteiger partial charge in [0.2, 0.25) is 0 Å². The van der Waals surface area contributed by atoms with E-state index in [0.29, 0.717) is 12.1 Å². The molecule has 6 heteroatoms. The first-order valence-electron chi connectivity index (χ1n) is 7.13. The van der Waals surface area contributed by atoms with Crippen molar-refractivity contribution in [2.24, 2.45) is 7.05 Å². The molecular weight excluding hydrogens is 266 g/mol. The Labute approximate surface area is 125 Å². The van der Waals surface area contributed by atoms with Crippen LogP contribution in [0.15, 0.2) is 6.20 Å². The van der Waals surface area contributed by atoms with Crippen molar-refractivity contribution >= 4 is 5.91 Å². The van der Waals surface area contributed by atoms with Crippen molar-refractivity contribution in [2.45, 2.75) is 40.8 Å². The standard InChI is InChI=1S/C15H23N5O/c1-7-20-12(4)14(11(3)17-20)15(21)18(5)8-13-9-19(6)16-10(13)2/h9H,7-8H2,1-6H3. The largest absolute Gasteiger partial charge is 0.337 e. The van der Waals surface area contributed by atoms with Crippen molar-refractivity contribution in [2.75, 3.05) is 7.05 Å². The smallest absolute Gasteiger partial charge is 0.257 e. The molecule has 1 amide bonds. The molecule has 2 heterocycles. The van der Waals surface area contributed by atoms with Crippen molar-refractivity contribution in [3.8, 4) is 0 Å². The van der Waals surface area contributed by atoms with E-state index in [1.165, 1.54) is 0 Å². The van der Waals surface area contributed by atoms with Gasteiger partial charge in [0.25, 0.3) is 5.91 Å². The zero-order valence-electron chi connectivity index (χ0n) is 13.6. The molecule has 21 heavy (non-hydrogen) atoms. The zero-order chi connectivity index (χ0) is 15.7. The minimum Gasteiger partial charge on any atom is -0.337 e. The van der Waals surface area contributed by atoms with Crippen LogP contribution in [0.2, 0.25) is 0 Å². The fourth-order valence-corrected chi connectivity index (χ4v) is 2.64. The van der Waals surface area contributed by atoms with Gasteiger partial charge in [0, 0.05) is 44.6 Å². The Morgan fingerprint density at radius 2 is 1.90 bits per heavy atom. The lowest BCUT2D eigenvalue weighted by atomic mass is 10.1. The molecule has 0 bridgehead atoms. The Morgan fingerprint density at radius 1 is 1.24 bits per heavy atom. The maximum atomic E-state index is 12.7. The minimum atomic E-state index is 0.00736. The molecule has 114 valence electrons. The first-order valence-corrected chi connectivity index (χ1v) is 7.13. The van der Waals surface area contributed by atoms with Crippen LogP contribution in [0.3, 0.4) is 0 Å². The van der Waals surface area contributed by atoms with E-state index >= 15 is 0 Å². The Bertz CT molecular complexity index is 668. The zero-order valence-corrected chi connectivity index (χ0v) is 13.6. The molecule has 2 aromatic rings. The third kappa shape index (κ3) is 2.84. The quantitative estimate of drug-likeness (QED) is 0.863. The van der Waals surface area contributed by atoms with Crippen molar-refractivity contribution in [3.63, 3.8) is 0 Å². The van der Waals surface area contributed by atoms with Gasteiger partial charge in [0.15, 0.2) is 0 Å². The second-order valence-electron chi connectivity index (χ2n) is 5.44. The molecule has 0 N–H and O–H groups in total. The van der Waals surface area contributed by atoms with Gasteiger partial charge in [-0.05, 0) is 27.7 Å². The maximum absolute atomic E-state index is 12.7. The average molecular weight is 289 g/mol. The number of nitrogens with zero attached hydrogens (tertiary/aromatic N) is 5. The summed E-state index contributed by atoms with van der Waals surface area (Å²) in [4.78, 5) is 14.4. The molecule has 2 aromatic heterocycles. The average Bonchev–Trinajstić information content (AvgIpc) is 2.88. The van der Waals surface area contributed by atoms with Crippen LogP contribution in [0.4, 0.5) is 0 Å². The summed E-state index contributed by atoms with van der Waals surface area (Å²) in [6, 6.07) is 0. The molecule has 0 fully saturated rings. The van der Waals surface area contributed by atoms with Crippen LogP contribution < -0.4 is 0 Å². The molecule has 6 nitrogen and oxygen atoms in total. The summed E-state index contributed by atoms with van der Waals surface area (Å²) < 4.78 is 3.64. The molecule has 0 aliphatic heterocycles. The van der Waals surface area contributed by atoms with Crippen LogP contribution in [0.1, 0.15) is 39.9 Å². The van der Waals surface area contributed by atoms with Crippen LogP contribution in [-0.4, -0.2) is 37.4 Å². The lowest BCUT2D eigenvalue weighted by Gasteiger charge is -2.17. The summed E-state index contributed by atoms with van der Waals surface area (Å²) in [5, 5.41) is 8.72. The van der Waals surface area contributed by atoms with E-state index in [0.717, 1.165) is 29.2 Å². The molecule has 0 unspecified atom stereocenters. The molecule has 0 saturated carbocycles. The number of amides is 1. The maximum Gasteiger partial charge on any atom is 0.257 e. The number of rotatable bonds is 4. The van der Waals surface area contributed by atoms with Crippen molar-refractivity contribution < 1.29 is 4.79 Å². The molecule has 0 spiro atoms. The van der Waals surface area contributed by atoms with E-state index in [1.54, 1.807) is 9.58 Å². The predicted molar refractivity (Wildman–Crippen MR) is 81.1 cm³/mol. The van der Waals surface area contributed by atoms with Crippen LogP contribution in [0, 0.1) is 20.8 Å². The third-order valence-corrected chi connectivity index (χ3v) is 3.76. The van der Waals surface area contributed by atoms with Gasteiger partial charge in [0.1, 0.15) is 0 Å². The highest BCUT2D eigenvalue weighted by Gasteiger charge is 2.22. The predicted octanol–water partition coefficient (Wildman–Crippen LogP) is 1.83. The number of hydrogen-bond donors (Lipinski definition) is 0. The Kier molecular flexibility index (Phi) is 4.16. The highest BCUT2D eigenvalue weighted by molar-refractivity contribution is 5.96. The van der Waals surface area contributed by atoms with Crippen molar-refractivity contribution in [1.82, 2.24) is 24.5 Å². The van der Waals surface area contributed by atoms with E-state index in [1.807, 2.05) is 52.7 Å². The Hall–Kier alpha value is -2.11. The van der Waals surface area contributed by atoms with Gasteiger partial charge >= 0.3 is 0 Å². The summed E-state index contributed by atoms with van der Waals surface area (Å²) in [5.74, 6) is 0.00736. The van der Waals surface area contributed by atoms with Crippen LogP contribution in [0.25, 0.3) is 0 Å². The molecule has 0 radical (unpaired) electrons. The van der Waals surface area contributed by atoms with Gasteiger partial charge in [-0.2, -0.15) is 10.2 Å². The Morgan fingerprint density at radius 3 is 2.38 bits per heavy atom. The lowest BCUT2D eigenvalue weighted by Crippen LogP contribution is -2.27. The van der Waals surface area contributed by atoms with E-state index < -0.39 is 0 Å². The molecule has 0 saturated heterocycles. The van der Waals surface area contributed by atoms with E-state index in [-0.39, 0.29) is 5.91 Å². The number of hydrogen-bond acceptors (Lipinski definition) is 3.